The number of fused-ring (bicyclic) bond motifs is 1. The standard InChI is InChI=1S/C20H31FN2O2/c1-4-9-23(10-5-2)17-11-15-13-18(20(24)22-8-7-21)19(25-6-3)14-16(15)12-17/h13-14,17H,4-12H2,1-3H3,(H,22,24). The molecule has 0 spiro atoms. The summed E-state index contributed by atoms with van der Waals surface area (Å²) >= 11 is 0. The summed E-state index contributed by atoms with van der Waals surface area (Å²) < 4.78 is 18.1. The number of nitrogens with zero attached hydrogens (tertiary/aromatic N) is 1. The lowest BCUT2D eigenvalue weighted by molar-refractivity contribution is 0.0947. The summed E-state index contributed by atoms with van der Waals surface area (Å²) in [6, 6.07) is 4.46. The fourth-order valence-corrected chi connectivity index (χ4v) is 3.64. The van der Waals surface area contributed by atoms with E-state index in [-0.39, 0.29) is 12.5 Å². The Bertz CT molecular complexity index is 571. The summed E-state index contributed by atoms with van der Waals surface area (Å²) in [7, 11) is 0. The molecular weight excluding hydrogens is 319 g/mol. The predicted molar refractivity (Wildman–Crippen MR) is 99.3 cm³/mol. The van der Waals surface area contributed by atoms with Crippen LogP contribution >= 0.6 is 0 Å². The third-order valence-electron chi connectivity index (χ3n) is 4.68. The van der Waals surface area contributed by atoms with E-state index in [0.29, 0.717) is 24.0 Å². The highest BCUT2D eigenvalue weighted by Crippen LogP contribution is 2.32. The fraction of sp³-hybridized carbons (Fsp3) is 0.650. The molecule has 0 saturated carbocycles. The molecule has 1 atom stereocenters. The van der Waals surface area contributed by atoms with E-state index in [1.165, 1.54) is 11.1 Å². The Morgan fingerprint density at radius 3 is 2.40 bits per heavy atom. The van der Waals surface area contributed by atoms with E-state index < -0.39 is 6.67 Å². The van der Waals surface area contributed by atoms with Crippen LogP contribution in [0.3, 0.4) is 0 Å². The molecule has 0 radical (unpaired) electrons. The van der Waals surface area contributed by atoms with Gasteiger partial charge in [0.1, 0.15) is 12.4 Å². The van der Waals surface area contributed by atoms with Gasteiger partial charge in [0.25, 0.3) is 5.91 Å². The maximum atomic E-state index is 12.4. The number of rotatable bonds is 10. The van der Waals surface area contributed by atoms with Crippen molar-refractivity contribution in [1.82, 2.24) is 10.2 Å². The van der Waals surface area contributed by atoms with Crippen molar-refractivity contribution < 1.29 is 13.9 Å². The van der Waals surface area contributed by atoms with Crippen LogP contribution in [0.15, 0.2) is 12.1 Å². The molecule has 4 nitrogen and oxygen atoms in total. The van der Waals surface area contributed by atoms with Crippen LogP contribution < -0.4 is 10.1 Å². The molecule has 2 rings (SSSR count). The van der Waals surface area contributed by atoms with Gasteiger partial charge in [0.15, 0.2) is 0 Å². The summed E-state index contributed by atoms with van der Waals surface area (Å²) in [6.45, 7) is 8.52. The van der Waals surface area contributed by atoms with Gasteiger partial charge in [-0.15, -0.1) is 0 Å². The maximum Gasteiger partial charge on any atom is 0.255 e. The van der Waals surface area contributed by atoms with Crippen molar-refractivity contribution in [3.63, 3.8) is 0 Å². The van der Waals surface area contributed by atoms with E-state index in [0.717, 1.165) is 38.8 Å². The Morgan fingerprint density at radius 1 is 1.20 bits per heavy atom. The molecule has 0 heterocycles. The quantitative estimate of drug-likeness (QED) is 0.703. The van der Waals surface area contributed by atoms with Gasteiger partial charge in [-0.3, -0.25) is 9.69 Å². The second kappa shape index (κ2) is 9.76. The maximum absolute atomic E-state index is 12.4. The van der Waals surface area contributed by atoms with E-state index in [2.05, 4.69) is 24.1 Å². The summed E-state index contributed by atoms with van der Waals surface area (Å²) in [5.41, 5.74) is 3.01. The second-order valence-corrected chi connectivity index (χ2v) is 6.59. The minimum absolute atomic E-state index is 0.0326. The Hall–Kier alpha value is -1.62. The number of halogens is 1. The molecule has 1 amide bonds. The Kier molecular flexibility index (Phi) is 7.69. The first-order valence-electron chi connectivity index (χ1n) is 9.51. The predicted octanol–water partition coefficient (Wildman–Crippen LogP) is 3.37. The number of benzene rings is 1. The van der Waals surface area contributed by atoms with Gasteiger partial charge in [0.05, 0.1) is 12.2 Å². The molecular formula is C20H31FN2O2. The zero-order valence-electron chi connectivity index (χ0n) is 15.7. The number of nitrogens with one attached hydrogen (secondary N) is 1. The zero-order valence-corrected chi connectivity index (χ0v) is 15.7. The number of hydrogen-bond acceptors (Lipinski definition) is 3. The van der Waals surface area contributed by atoms with Crippen LogP contribution in [0.2, 0.25) is 0 Å². The van der Waals surface area contributed by atoms with Crippen molar-refractivity contribution in [2.24, 2.45) is 0 Å². The molecule has 140 valence electrons. The van der Waals surface area contributed by atoms with Gasteiger partial charge in [0, 0.05) is 12.6 Å². The summed E-state index contributed by atoms with van der Waals surface area (Å²) in [6.07, 6.45) is 4.26. The van der Waals surface area contributed by atoms with Crippen molar-refractivity contribution in [2.45, 2.75) is 52.5 Å². The molecule has 1 aromatic rings. The zero-order chi connectivity index (χ0) is 18.2. The molecule has 5 heteroatoms. The van der Waals surface area contributed by atoms with Gasteiger partial charge in [-0.2, -0.15) is 0 Å². The largest absolute Gasteiger partial charge is 0.493 e. The van der Waals surface area contributed by atoms with Crippen molar-refractivity contribution in [2.75, 3.05) is 32.9 Å². The highest BCUT2D eigenvalue weighted by atomic mass is 19.1. The van der Waals surface area contributed by atoms with E-state index in [1.807, 2.05) is 19.1 Å². The van der Waals surface area contributed by atoms with Gasteiger partial charge in [-0.05, 0) is 69.0 Å². The average molecular weight is 350 g/mol. The molecule has 0 bridgehead atoms. The Morgan fingerprint density at radius 2 is 1.84 bits per heavy atom. The number of alkyl halides is 1. The first kappa shape index (κ1) is 19.7. The lowest BCUT2D eigenvalue weighted by atomic mass is 10.0. The van der Waals surface area contributed by atoms with Crippen LogP contribution in [-0.4, -0.2) is 49.8 Å². The van der Waals surface area contributed by atoms with E-state index in [4.69, 9.17) is 4.74 Å². The molecule has 1 N–H and O–H groups in total. The van der Waals surface area contributed by atoms with Crippen molar-refractivity contribution >= 4 is 5.91 Å². The van der Waals surface area contributed by atoms with Crippen molar-refractivity contribution in [1.29, 1.82) is 0 Å². The number of ether oxygens (including phenoxy) is 1. The molecule has 0 saturated heterocycles. The average Bonchev–Trinajstić information content (AvgIpc) is 3.02. The van der Waals surface area contributed by atoms with Crippen LogP contribution in [0.5, 0.6) is 5.75 Å². The molecule has 1 aromatic carbocycles. The molecule has 1 aliphatic rings. The number of carbonyl (C=O) groups is 1. The second-order valence-electron chi connectivity index (χ2n) is 6.59. The Balaban J connectivity index is 2.23. The first-order valence-corrected chi connectivity index (χ1v) is 9.51. The third kappa shape index (κ3) is 4.94. The normalized spacial score (nSPS) is 16.1. The minimum atomic E-state index is -0.564. The van der Waals surface area contributed by atoms with Crippen molar-refractivity contribution in [3.8, 4) is 5.75 Å². The molecule has 25 heavy (non-hydrogen) atoms. The number of carbonyl (C=O) groups excluding carboxylic acids is 1. The van der Waals surface area contributed by atoms with E-state index in [9.17, 15) is 9.18 Å². The smallest absolute Gasteiger partial charge is 0.255 e. The summed E-state index contributed by atoms with van der Waals surface area (Å²) in [4.78, 5) is 14.9. The third-order valence-corrected chi connectivity index (χ3v) is 4.68. The van der Waals surface area contributed by atoms with Crippen LogP contribution in [0.25, 0.3) is 0 Å². The van der Waals surface area contributed by atoms with Crippen LogP contribution in [-0.2, 0) is 12.8 Å². The summed E-state index contributed by atoms with van der Waals surface area (Å²) in [5.74, 6) is 0.349. The highest BCUT2D eigenvalue weighted by Gasteiger charge is 2.28. The van der Waals surface area contributed by atoms with Gasteiger partial charge < -0.3 is 10.1 Å². The lowest BCUT2D eigenvalue weighted by Gasteiger charge is -2.27. The lowest BCUT2D eigenvalue weighted by Crippen LogP contribution is -2.37. The molecule has 1 aliphatic carbocycles. The van der Waals surface area contributed by atoms with E-state index >= 15 is 0 Å². The van der Waals surface area contributed by atoms with Gasteiger partial charge in [-0.25, -0.2) is 4.39 Å². The minimum Gasteiger partial charge on any atom is -0.493 e. The number of amides is 1. The van der Waals surface area contributed by atoms with Crippen molar-refractivity contribution in [3.05, 3.63) is 28.8 Å². The first-order chi connectivity index (χ1) is 12.1. The van der Waals surface area contributed by atoms with Crippen LogP contribution in [0, 0.1) is 0 Å². The molecule has 0 aromatic heterocycles. The van der Waals surface area contributed by atoms with Crippen LogP contribution in [0.1, 0.15) is 55.1 Å². The van der Waals surface area contributed by atoms with Gasteiger partial charge >= 0.3 is 0 Å². The molecule has 0 fully saturated rings. The molecule has 1 unspecified atom stereocenters. The number of hydrogen-bond donors (Lipinski definition) is 1. The highest BCUT2D eigenvalue weighted by molar-refractivity contribution is 5.97. The molecule has 0 aliphatic heterocycles. The fourth-order valence-electron chi connectivity index (χ4n) is 3.64. The van der Waals surface area contributed by atoms with Gasteiger partial charge in [0.2, 0.25) is 0 Å². The monoisotopic (exact) mass is 350 g/mol. The van der Waals surface area contributed by atoms with E-state index in [1.54, 1.807) is 0 Å². The van der Waals surface area contributed by atoms with Crippen LogP contribution in [0.4, 0.5) is 4.39 Å². The SMILES string of the molecule is CCCN(CCC)C1Cc2cc(OCC)c(C(=O)NCCF)cc2C1. The summed E-state index contributed by atoms with van der Waals surface area (Å²) in [5, 5.41) is 2.61. The van der Waals surface area contributed by atoms with Gasteiger partial charge in [-0.1, -0.05) is 13.8 Å². The Labute approximate surface area is 150 Å². The topological polar surface area (TPSA) is 41.6 Å².